The molecule has 2 aromatic carbocycles. The van der Waals surface area contributed by atoms with Crippen LogP contribution in [0.4, 0.5) is 10.5 Å². The third-order valence-electron chi connectivity index (χ3n) is 4.77. The molecule has 0 bridgehead atoms. The summed E-state index contributed by atoms with van der Waals surface area (Å²) in [6, 6.07) is 14.1. The Morgan fingerprint density at radius 3 is 2.62 bits per heavy atom. The zero-order valence-electron chi connectivity index (χ0n) is 18.2. The molecule has 0 radical (unpaired) electrons. The smallest absolute Gasteiger partial charge is 0.408 e. The van der Waals surface area contributed by atoms with E-state index in [0.29, 0.717) is 17.9 Å². The van der Waals surface area contributed by atoms with Gasteiger partial charge in [0, 0.05) is 11.3 Å². The first-order valence-electron chi connectivity index (χ1n) is 10.4. The van der Waals surface area contributed by atoms with Crippen LogP contribution in [-0.4, -0.2) is 23.0 Å². The lowest BCUT2D eigenvalue weighted by atomic mass is 10.0. The van der Waals surface area contributed by atoms with E-state index in [9.17, 15) is 9.59 Å². The maximum atomic E-state index is 13.0. The van der Waals surface area contributed by atoms with Crippen LogP contribution >= 0.6 is 0 Å². The minimum absolute atomic E-state index is 0.131. The summed E-state index contributed by atoms with van der Waals surface area (Å²) >= 11 is 0. The summed E-state index contributed by atoms with van der Waals surface area (Å²) in [5.74, 6) is 0.477. The van der Waals surface area contributed by atoms with Crippen molar-refractivity contribution in [2.24, 2.45) is 5.92 Å². The fourth-order valence-electron chi connectivity index (χ4n) is 3.19. The maximum Gasteiger partial charge on any atom is 0.408 e. The molecule has 3 aromatic rings. The van der Waals surface area contributed by atoms with E-state index >= 15 is 0 Å². The molecule has 2 amide bonds. The first-order valence-corrected chi connectivity index (χ1v) is 10.4. The Morgan fingerprint density at radius 2 is 1.97 bits per heavy atom. The normalized spacial score (nSPS) is 11.6. The number of nitrogens with one attached hydrogen (secondary N) is 2. The highest BCUT2D eigenvalue weighted by Gasteiger charge is 2.23. The van der Waals surface area contributed by atoms with Gasteiger partial charge in [0.05, 0.1) is 6.20 Å². The van der Waals surface area contributed by atoms with Gasteiger partial charge in [0.1, 0.15) is 12.6 Å². The van der Waals surface area contributed by atoms with Crippen LogP contribution in [0.1, 0.15) is 31.4 Å². The molecule has 1 atom stereocenters. The molecule has 3 rings (SSSR count). The van der Waals surface area contributed by atoms with Crippen molar-refractivity contribution in [2.45, 2.75) is 32.9 Å². The van der Waals surface area contributed by atoms with Gasteiger partial charge in [-0.25, -0.2) is 9.78 Å². The molecule has 0 saturated carbocycles. The predicted molar refractivity (Wildman–Crippen MR) is 124 cm³/mol. The topological polar surface area (TPSA) is 93.5 Å². The van der Waals surface area contributed by atoms with Crippen LogP contribution in [0.15, 0.2) is 72.1 Å². The second-order valence-corrected chi connectivity index (χ2v) is 7.75. The molecular formula is C25H27N3O4. The van der Waals surface area contributed by atoms with Crippen molar-refractivity contribution in [3.63, 3.8) is 0 Å². The zero-order valence-corrected chi connectivity index (χ0v) is 18.2. The van der Waals surface area contributed by atoms with E-state index in [1.165, 1.54) is 6.39 Å². The minimum Gasteiger partial charge on any atom is -0.445 e. The highest BCUT2D eigenvalue weighted by molar-refractivity contribution is 5.98. The number of benzene rings is 2. The predicted octanol–water partition coefficient (Wildman–Crippen LogP) is 5.26. The SMILES string of the molecule is C=Cc1cc(-c2cnco2)ccc1NC(=O)[C@@H](CC(C)C)NC(=O)OCc1ccccc1. The number of alkyl carbamates (subject to hydrolysis) is 1. The van der Waals surface area contributed by atoms with Crippen molar-refractivity contribution < 1.29 is 18.7 Å². The van der Waals surface area contributed by atoms with Crippen molar-refractivity contribution in [1.82, 2.24) is 10.3 Å². The van der Waals surface area contributed by atoms with Gasteiger partial charge in [-0.05, 0) is 41.7 Å². The lowest BCUT2D eigenvalue weighted by Gasteiger charge is -2.21. The number of amides is 2. The lowest BCUT2D eigenvalue weighted by Crippen LogP contribution is -2.44. The number of anilines is 1. The number of carbonyl (C=O) groups excluding carboxylic acids is 2. The van der Waals surface area contributed by atoms with Crippen molar-refractivity contribution >= 4 is 23.8 Å². The zero-order chi connectivity index (χ0) is 22.9. The van der Waals surface area contributed by atoms with Crippen molar-refractivity contribution in [1.29, 1.82) is 0 Å². The van der Waals surface area contributed by atoms with E-state index in [2.05, 4.69) is 22.2 Å². The Hall–Kier alpha value is -3.87. The minimum atomic E-state index is -0.745. The van der Waals surface area contributed by atoms with Crippen molar-refractivity contribution in [2.75, 3.05) is 5.32 Å². The number of hydrogen-bond acceptors (Lipinski definition) is 5. The fourth-order valence-corrected chi connectivity index (χ4v) is 3.19. The monoisotopic (exact) mass is 433 g/mol. The standard InChI is InChI=1S/C25H27N3O4/c1-4-19-13-20(23-14-26-16-32-23)10-11-21(19)27-24(29)22(12-17(2)3)28-25(30)31-15-18-8-6-5-7-9-18/h4-11,13-14,16-17,22H,1,12,15H2,2-3H3,(H,27,29)(H,28,30)/t22-/m1/s1. The maximum absolute atomic E-state index is 13.0. The number of aromatic nitrogens is 1. The highest BCUT2D eigenvalue weighted by atomic mass is 16.5. The molecule has 0 spiro atoms. The van der Waals surface area contributed by atoms with Crippen LogP contribution in [0.5, 0.6) is 0 Å². The first-order chi connectivity index (χ1) is 15.5. The van der Waals surface area contributed by atoms with E-state index in [4.69, 9.17) is 9.15 Å². The summed E-state index contributed by atoms with van der Waals surface area (Å²) in [5.41, 5.74) is 3.00. The summed E-state index contributed by atoms with van der Waals surface area (Å²) < 4.78 is 10.6. The van der Waals surface area contributed by atoms with Gasteiger partial charge >= 0.3 is 6.09 Å². The summed E-state index contributed by atoms with van der Waals surface area (Å²) in [6.07, 6.45) is 4.45. The van der Waals surface area contributed by atoms with Gasteiger partial charge < -0.3 is 19.8 Å². The third kappa shape index (κ3) is 6.31. The molecule has 1 heterocycles. The van der Waals surface area contributed by atoms with E-state index in [1.807, 2.05) is 56.3 Å². The molecule has 0 saturated heterocycles. The Bertz CT molecular complexity index is 1050. The molecule has 2 N–H and O–H groups in total. The van der Waals surface area contributed by atoms with Gasteiger partial charge in [-0.3, -0.25) is 4.79 Å². The Labute approximate surface area is 187 Å². The number of ether oxygens (including phenoxy) is 1. The van der Waals surface area contributed by atoms with E-state index in [0.717, 1.165) is 16.7 Å². The summed E-state index contributed by atoms with van der Waals surface area (Å²) in [5, 5.41) is 5.58. The molecule has 0 aliphatic rings. The lowest BCUT2D eigenvalue weighted by molar-refractivity contribution is -0.118. The molecular weight excluding hydrogens is 406 g/mol. The number of hydrogen-bond donors (Lipinski definition) is 2. The van der Waals surface area contributed by atoms with Crippen LogP contribution in [0, 0.1) is 5.92 Å². The Kier molecular flexibility index (Phi) is 7.80. The van der Waals surface area contributed by atoms with E-state index in [-0.39, 0.29) is 18.4 Å². The quantitative estimate of drug-likeness (QED) is 0.480. The average Bonchev–Trinajstić information content (AvgIpc) is 3.33. The molecule has 1 aromatic heterocycles. The number of oxazole rings is 1. The van der Waals surface area contributed by atoms with Crippen molar-refractivity contribution in [3.05, 3.63) is 78.8 Å². The number of carbonyl (C=O) groups is 2. The third-order valence-corrected chi connectivity index (χ3v) is 4.77. The average molecular weight is 434 g/mol. The van der Waals surface area contributed by atoms with Gasteiger partial charge in [0.25, 0.3) is 0 Å². The summed E-state index contributed by atoms with van der Waals surface area (Å²) in [7, 11) is 0. The number of nitrogens with zero attached hydrogens (tertiary/aromatic N) is 1. The van der Waals surface area contributed by atoms with Gasteiger partial charge in [-0.1, -0.05) is 56.8 Å². The molecule has 0 fully saturated rings. The molecule has 32 heavy (non-hydrogen) atoms. The summed E-state index contributed by atoms with van der Waals surface area (Å²) in [4.78, 5) is 29.2. The molecule has 7 heteroatoms. The van der Waals surface area contributed by atoms with E-state index < -0.39 is 12.1 Å². The fraction of sp³-hybridized carbons (Fsp3) is 0.240. The van der Waals surface area contributed by atoms with Gasteiger partial charge in [0.15, 0.2) is 12.2 Å². The second-order valence-electron chi connectivity index (χ2n) is 7.75. The van der Waals surface area contributed by atoms with E-state index in [1.54, 1.807) is 18.3 Å². The first kappa shape index (κ1) is 22.8. The van der Waals surface area contributed by atoms with Crippen LogP contribution in [0.3, 0.4) is 0 Å². The van der Waals surface area contributed by atoms with Crippen LogP contribution in [-0.2, 0) is 16.1 Å². The molecule has 0 aliphatic carbocycles. The van der Waals surface area contributed by atoms with Crippen LogP contribution in [0.2, 0.25) is 0 Å². The van der Waals surface area contributed by atoms with Crippen LogP contribution < -0.4 is 10.6 Å². The Balaban J connectivity index is 1.67. The second kappa shape index (κ2) is 10.9. The van der Waals surface area contributed by atoms with Gasteiger partial charge in [0.2, 0.25) is 5.91 Å². The van der Waals surface area contributed by atoms with Crippen molar-refractivity contribution in [3.8, 4) is 11.3 Å². The molecule has 7 nitrogen and oxygen atoms in total. The highest BCUT2D eigenvalue weighted by Crippen LogP contribution is 2.26. The van der Waals surface area contributed by atoms with Crippen LogP contribution in [0.25, 0.3) is 17.4 Å². The largest absolute Gasteiger partial charge is 0.445 e. The Morgan fingerprint density at radius 1 is 1.19 bits per heavy atom. The molecule has 166 valence electrons. The molecule has 0 unspecified atom stereocenters. The van der Waals surface area contributed by atoms with Gasteiger partial charge in [-0.15, -0.1) is 0 Å². The molecule has 0 aliphatic heterocycles. The van der Waals surface area contributed by atoms with Gasteiger partial charge in [-0.2, -0.15) is 0 Å². The summed E-state index contributed by atoms with van der Waals surface area (Å²) in [6.45, 7) is 7.93. The number of rotatable bonds is 9.